The first-order chi connectivity index (χ1) is 16.1. The van der Waals surface area contributed by atoms with Crippen molar-refractivity contribution in [3.8, 4) is 39.5 Å². The minimum Gasteiger partial charge on any atom is -0.507 e. The number of para-hydroxylation sites is 2. The van der Waals surface area contributed by atoms with Crippen molar-refractivity contribution in [2.45, 2.75) is 76.0 Å². The lowest BCUT2D eigenvalue weighted by atomic mass is 9.81. The molecular weight excluding hydrogens is 408 g/mol. The van der Waals surface area contributed by atoms with Crippen LogP contribution in [0.25, 0.3) is 22.3 Å². The van der Waals surface area contributed by atoms with Gasteiger partial charge in [0.1, 0.15) is 17.2 Å². The standard InChI is InChI=1S/C30H34O3/c31-27-19-9-16-24(25-17-7-14-22(29(25)32)20-10-3-1-4-11-20)28(27)26-18-8-15-23(30(26)33)21-12-5-2-6-13-21/h7-9,14-21,31-33H,1-6,10-13H2. The highest BCUT2D eigenvalue weighted by Gasteiger charge is 2.25. The van der Waals surface area contributed by atoms with E-state index in [1.165, 1.54) is 38.5 Å². The molecule has 0 unspecified atom stereocenters. The molecule has 0 amide bonds. The summed E-state index contributed by atoms with van der Waals surface area (Å²) in [6.07, 6.45) is 11.7. The van der Waals surface area contributed by atoms with E-state index in [1.807, 2.05) is 48.5 Å². The number of hydrogen-bond donors (Lipinski definition) is 3. The van der Waals surface area contributed by atoms with E-state index in [0.717, 1.165) is 42.4 Å². The van der Waals surface area contributed by atoms with Gasteiger partial charge < -0.3 is 15.3 Å². The molecule has 0 atom stereocenters. The molecule has 2 fully saturated rings. The molecule has 0 saturated heterocycles. The average molecular weight is 443 g/mol. The van der Waals surface area contributed by atoms with Gasteiger partial charge in [0.15, 0.2) is 0 Å². The van der Waals surface area contributed by atoms with Crippen LogP contribution in [0.2, 0.25) is 0 Å². The van der Waals surface area contributed by atoms with Crippen LogP contribution in [0.3, 0.4) is 0 Å². The van der Waals surface area contributed by atoms with Gasteiger partial charge in [0.05, 0.1) is 0 Å². The van der Waals surface area contributed by atoms with Crippen LogP contribution >= 0.6 is 0 Å². The van der Waals surface area contributed by atoms with E-state index in [4.69, 9.17) is 0 Å². The summed E-state index contributed by atoms with van der Waals surface area (Å²) < 4.78 is 0. The molecule has 0 heterocycles. The Bertz CT molecular complexity index is 1120. The van der Waals surface area contributed by atoms with E-state index < -0.39 is 0 Å². The second kappa shape index (κ2) is 9.51. The van der Waals surface area contributed by atoms with Gasteiger partial charge in [-0.1, -0.05) is 87.1 Å². The molecule has 3 heteroatoms. The van der Waals surface area contributed by atoms with Gasteiger partial charge in [-0.2, -0.15) is 0 Å². The summed E-state index contributed by atoms with van der Waals surface area (Å²) in [5.74, 6) is 1.42. The normalized spacial score (nSPS) is 17.8. The molecule has 33 heavy (non-hydrogen) atoms. The summed E-state index contributed by atoms with van der Waals surface area (Å²) in [6, 6.07) is 17.2. The number of phenols is 3. The third-order valence-electron chi connectivity index (χ3n) is 7.83. The third kappa shape index (κ3) is 4.21. The van der Waals surface area contributed by atoms with E-state index in [2.05, 4.69) is 0 Å². The lowest BCUT2D eigenvalue weighted by Gasteiger charge is -2.25. The van der Waals surface area contributed by atoms with Gasteiger partial charge in [0.2, 0.25) is 0 Å². The zero-order valence-corrected chi connectivity index (χ0v) is 19.3. The summed E-state index contributed by atoms with van der Waals surface area (Å²) in [7, 11) is 0. The highest BCUT2D eigenvalue weighted by atomic mass is 16.3. The number of phenolic OH excluding ortho intramolecular Hbond substituents is 3. The molecule has 3 nitrogen and oxygen atoms in total. The van der Waals surface area contributed by atoms with Crippen molar-refractivity contribution < 1.29 is 15.3 Å². The van der Waals surface area contributed by atoms with E-state index in [0.29, 0.717) is 34.3 Å². The Morgan fingerprint density at radius 1 is 0.485 bits per heavy atom. The van der Waals surface area contributed by atoms with E-state index in [-0.39, 0.29) is 11.5 Å². The van der Waals surface area contributed by atoms with Gasteiger partial charge in [-0.3, -0.25) is 0 Å². The predicted octanol–water partition coefficient (Wildman–Crippen LogP) is 8.23. The molecule has 2 saturated carbocycles. The van der Waals surface area contributed by atoms with Crippen LogP contribution in [0, 0.1) is 0 Å². The smallest absolute Gasteiger partial charge is 0.127 e. The maximum Gasteiger partial charge on any atom is 0.127 e. The van der Waals surface area contributed by atoms with E-state index in [1.54, 1.807) is 6.07 Å². The molecule has 3 aromatic carbocycles. The quantitative estimate of drug-likeness (QED) is 0.381. The van der Waals surface area contributed by atoms with Gasteiger partial charge in [0.25, 0.3) is 0 Å². The Labute approximate surface area is 196 Å². The first-order valence-electron chi connectivity index (χ1n) is 12.6. The molecule has 3 aromatic rings. The zero-order valence-electron chi connectivity index (χ0n) is 19.3. The van der Waals surface area contributed by atoms with Gasteiger partial charge in [-0.15, -0.1) is 0 Å². The average Bonchev–Trinajstić information content (AvgIpc) is 2.86. The Morgan fingerprint density at radius 3 is 1.52 bits per heavy atom. The molecule has 0 aliphatic heterocycles. The van der Waals surface area contributed by atoms with Crippen molar-refractivity contribution in [1.29, 1.82) is 0 Å². The maximum absolute atomic E-state index is 11.3. The van der Waals surface area contributed by atoms with Crippen LogP contribution in [0.1, 0.15) is 87.2 Å². The summed E-state index contributed by atoms with van der Waals surface area (Å²) in [4.78, 5) is 0. The molecule has 5 rings (SSSR count). The number of aromatic hydroxyl groups is 3. The Morgan fingerprint density at radius 2 is 0.939 bits per heavy atom. The monoisotopic (exact) mass is 442 g/mol. The van der Waals surface area contributed by atoms with Crippen LogP contribution in [-0.2, 0) is 0 Å². The van der Waals surface area contributed by atoms with Crippen LogP contribution in [0.4, 0.5) is 0 Å². The molecule has 0 aromatic heterocycles. The molecule has 0 radical (unpaired) electrons. The van der Waals surface area contributed by atoms with Gasteiger partial charge in [-0.25, -0.2) is 0 Å². The van der Waals surface area contributed by atoms with Gasteiger partial charge >= 0.3 is 0 Å². The molecular formula is C30H34O3. The highest BCUT2D eigenvalue weighted by Crippen LogP contribution is 2.49. The first-order valence-corrected chi connectivity index (χ1v) is 12.6. The summed E-state index contributed by atoms with van der Waals surface area (Å²) in [5, 5.41) is 33.6. The van der Waals surface area contributed by atoms with Crippen LogP contribution < -0.4 is 0 Å². The molecule has 0 spiro atoms. The Kier molecular flexibility index (Phi) is 6.30. The number of hydrogen-bond acceptors (Lipinski definition) is 3. The predicted molar refractivity (Wildman–Crippen MR) is 134 cm³/mol. The van der Waals surface area contributed by atoms with Crippen molar-refractivity contribution >= 4 is 0 Å². The minimum absolute atomic E-state index is 0.117. The largest absolute Gasteiger partial charge is 0.507 e. The zero-order chi connectivity index (χ0) is 22.8. The molecule has 172 valence electrons. The van der Waals surface area contributed by atoms with Gasteiger partial charge in [0, 0.05) is 16.7 Å². The molecule has 2 aliphatic carbocycles. The Hall–Kier alpha value is -2.94. The third-order valence-corrected chi connectivity index (χ3v) is 7.83. The molecule has 0 bridgehead atoms. The summed E-state index contributed by atoms with van der Waals surface area (Å²) >= 11 is 0. The summed E-state index contributed by atoms with van der Waals surface area (Å²) in [6.45, 7) is 0. The summed E-state index contributed by atoms with van der Waals surface area (Å²) in [5.41, 5.74) is 4.66. The van der Waals surface area contributed by atoms with Crippen molar-refractivity contribution in [2.24, 2.45) is 0 Å². The fourth-order valence-electron chi connectivity index (χ4n) is 6.08. The number of benzene rings is 3. The SMILES string of the molecule is Oc1cccc(-c2cccc(C3CCCCC3)c2O)c1-c1cccc(C2CCCCC2)c1O. The lowest BCUT2D eigenvalue weighted by Crippen LogP contribution is -2.05. The van der Waals surface area contributed by atoms with E-state index >= 15 is 0 Å². The van der Waals surface area contributed by atoms with Crippen molar-refractivity contribution in [3.63, 3.8) is 0 Å². The fourth-order valence-corrected chi connectivity index (χ4v) is 6.08. The first kappa shape index (κ1) is 21.9. The second-order valence-electron chi connectivity index (χ2n) is 9.86. The van der Waals surface area contributed by atoms with Crippen molar-refractivity contribution in [1.82, 2.24) is 0 Å². The van der Waals surface area contributed by atoms with Crippen molar-refractivity contribution in [2.75, 3.05) is 0 Å². The number of rotatable bonds is 4. The lowest BCUT2D eigenvalue weighted by molar-refractivity contribution is 0.414. The van der Waals surface area contributed by atoms with Crippen LogP contribution in [0.5, 0.6) is 17.2 Å². The topological polar surface area (TPSA) is 60.7 Å². The van der Waals surface area contributed by atoms with E-state index in [9.17, 15) is 15.3 Å². The Balaban J connectivity index is 1.62. The minimum atomic E-state index is 0.117. The van der Waals surface area contributed by atoms with Crippen molar-refractivity contribution in [3.05, 3.63) is 65.7 Å². The maximum atomic E-state index is 11.3. The molecule has 2 aliphatic rings. The van der Waals surface area contributed by atoms with Crippen LogP contribution in [-0.4, -0.2) is 15.3 Å². The molecule has 3 N–H and O–H groups in total. The van der Waals surface area contributed by atoms with Crippen LogP contribution in [0.15, 0.2) is 54.6 Å². The fraction of sp³-hybridized carbons (Fsp3) is 0.400. The second-order valence-corrected chi connectivity index (χ2v) is 9.86. The highest BCUT2D eigenvalue weighted by molar-refractivity contribution is 5.92. The van der Waals surface area contributed by atoms with Gasteiger partial charge in [-0.05, 0) is 60.3 Å².